The molecule has 88 valence electrons. The average molecular weight is 219 g/mol. The maximum atomic E-state index is 4.51. The van der Waals surface area contributed by atoms with Crippen LogP contribution in [0.15, 0.2) is 18.3 Å². The van der Waals surface area contributed by atoms with E-state index in [2.05, 4.69) is 41.3 Å². The fourth-order valence-electron chi connectivity index (χ4n) is 2.13. The van der Waals surface area contributed by atoms with E-state index in [9.17, 15) is 0 Å². The molecule has 0 saturated carbocycles. The molecule has 1 aliphatic heterocycles. The number of nitrogens with zero attached hydrogens (tertiary/aromatic N) is 2. The quantitative estimate of drug-likeness (QED) is 0.846. The van der Waals surface area contributed by atoms with Crippen LogP contribution < -0.4 is 10.2 Å². The third-order valence-corrected chi connectivity index (χ3v) is 3.35. The second kappa shape index (κ2) is 5.30. The highest BCUT2D eigenvalue weighted by molar-refractivity contribution is 5.38. The van der Waals surface area contributed by atoms with Gasteiger partial charge in [-0.25, -0.2) is 4.98 Å². The standard InChI is InChI=1S/C13H21N3/c1-3-16(2)13-8-7-11(10-15-13)12-6-4-5-9-14-12/h7-8,10,12,14H,3-6,9H2,1-2H3/t12-/m0/s1. The molecule has 0 radical (unpaired) electrons. The summed E-state index contributed by atoms with van der Waals surface area (Å²) in [6.07, 6.45) is 5.89. The van der Waals surface area contributed by atoms with Gasteiger partial charge in [0, 0.05) is 25.8 Å². The van der Waals surface area contributed by atoms with E-state index in [1.165, 1.54) is 24.8 Å². The van der Waals surface area contributed by atoms with E-state index in [0.717, 1.165) is 18.9 Å². The van der Waals surface area contributed by atoms with Gasteiger partial charge in [-0.1, -0.05) is 12.5 Å². The van der Waals surface area contributed by atoms with Crippen LogP contribution in [0.2, 0.25) is 0 Å². The van der Waals surface area contributed by atoms with Crippen LogP contribution >= 0.6 is 0 Å². The highest BCUT2D eigenvalue weighted by atomic mass is 15.1. The smallest absolute Gasteiger partial charge is 0.128 e. The van der Waals surface area contributed by atoms with E-state index in [0.29, 0.717) is 6.04 Å². The van der Waals surface area contributed by atoms with Crippen LogP contribution in [-0.4, -0.2) is 25.1 Å². The van der Waals surface area contributed by atoms with Crippen LogP contribution in [0.5, 0.6) is 0 Å². The van der Waals surface area contributed by atoms with Gasteiger partial charge in [0.2, 0.25) is 0 Å². The van der Waals surface area contributed by atoms with Crippen LogP contribution in [-0.2, 0) is 0 Å². The van der Waals surface area contributed by atoms with E-state index < -0.39 is 0 Å². The highest BCUT2D eigenvalue weighted by Gasteiger charge is 2.14. The molecule has 0 amide bonds. The van der Waals surface area contributed by atoms with Crippen molar-refractivity contribution in [3.63, 3.8) is 0 Å². The van der Waals surface area contributed by atoms with Crippen molar-refractivity contribution in [2.75, 3.05) is 25.0 Å². The normalized spacial score (nSPS) is 20.8. The van der Waals surface area contributed by atoms with Crippen molar-refractivity contribution in [1.82, 2.24) is 10.3 Å². The molecule has 1 aliphatic rings. The Morgan fingerprint density at radius 2 is 2.31 bits per heavy atom. The van der Waals surface area contributed by atoms with E-state index in [1.54, 1.807) is 0 Å². The molecule has 2 heterocycles. The molecular formula is C13H21N3. The second-order valence-corrected chi connectivity index (χ2v) is 4.47. The first-order valence-electron chi connectivity index (χ1n) is 6.21. The summed E-state index contributed by atoms with van der Waals surface area (Å²) in [5.41, 5.74) is 1.33. The highest BCUT2D eigenvalue weighted by Crippen LogP contribution is 2.23. The number of nitrogens with one attached hydrogen (secondary N) is 1. The largest absolute Gasteiger partial charge is 0.360 e. The van der Waals surface area contributed by atoms with Gasteiger partial charge in [0.15, 0.2) is 0 Å². The molecule has 0 spiro atoms. The third kappa shape index (κ3) is 2.53. The van der Waals surface area contributed by atoms with Crippen LogP contribution in [0, 0.1) is 0 Å². The molecule has 1 aromatic heterocycles. The molecule has 1 atom stereocenters. The monoisotopic (exact) mass is 219 g/mol. The summed E-state index contributed by atoms with van der Waals surface area (Å²) in [7, 11) is 2.07. The van der Waals surface area contributed by atoms with Gasteiger partial charge in [-0.15, -0.1) is 0 Å². The lowest BCUT2D eigenvalue weighted by atomic mass is 9.99. The fraction of sp³-hybridized carbons (Fsp3) is 0.615. The topological polar surface area (TPSA) is 28.2 Å². The maximum absolute atomic E-state index is 4.51. The van der Waals surface area contributed by atoms with Crippen molar-refractivity contribution in [2.45, 2.75) is 32.2 Å². The molecule has 16 heavy (non-hydrogen) atoms. The van der Waals surface area contributed by atoms with Gasteiger partial charge in [0.1, 0.15) is 5.82 Å². The van der Waals surface area contributed by atoms with E-state index in [1.807, 2.05) is 6.20 Å². The zero-order chi connectivity index (χ0) is 11.4. The van der Waals surface area contributed by atoms with Crippen LogP contribution in [0.4, 0.5) is 5.82 Å². The molecule has 2 rings (SSSR count). The Labute approximate surface area is 97.9 Å². The Balaban J connectivity index is 2.06. The van der Waals surface area contributed by atoms with E-state index in [-0.39, 0.29) is 0 Å². The van der Waals surface area contributed by atoms with Gasteiger partial charge < -0.3 is 10.2 Å². The minimum atomic E-state index is 0.516. The number of anilines is 1. The number of pyridine rings is 1. The van der Waals surface area contributed by atoms with Crippen LogP contribution in [0.1, 0.15) is 37.8 Å². The summed E-state index contributed by atoms with van der Waals surface area (Å²) in [4.78, 5) is 6.66. The second-order valence-electron chi connectivity index (χ2n) is 4.47. The lowest BCUT2D eigenvalue weighted by Gasteiger charge is -2.24. The lowest BCUT2D eigenvalue weighted by molar-refractivity contribution is 0.411. The number of hydrogen-bond acceptors (Lipinski definition) is 3. The van der Waals surface area contributed by atoms with Crippen molar-refractivity contribution in [2.24, 2.45) is 0 Å². The number of piperidine rings is 1. The zero-order valence-corrected chi connectivity index (χ0v) is 10.2. The Kier molecular flexibility index (Phi) is 3.78. The van der Waals surface area contributed by atoms with Gasteiger partial charge in [-0.3, -0.25) is 0 Å². The minimum absolute atomic E-state index is 0.516. The van der Waals surface area contributed by atoms with Gasteiger partial charge in [-0.2, -0.15) is 0 Å². The minimum Gasteiger partial charge on any atom is -0.360 e. The molecule has 0 aliphatic carbocycles. The predicted octanol–water partition coefficient (Wildman–Crippen LogP) is 2.35. The molecule has 3 nitrogen and oxygen atoms in total. The zero-order valence-electron chi connectivity index (χ0n) is 10.2. The maximum Gasteiger partial charge on any atom is 0.128 e. The van der Waals surface area contributed by atoms with Gasteiger partial charge >= 0.3 is 0 Å². The molecule has 0 aromatic carbocycles. The first-order chi connectivity index (χ1) is 7.81. The predicted molar refractivity (Wildman–Crippen MR) is 67.8 cm³/mol. The van der Waals surface area contributed by atoms with E-state index >= 15 is 0 Å². The molecule has 3 heteroatoms. The first-order valence-corrected chi connectivity index (χ1v) is 6.21. The fourth-order valence-corrected chi connectivity index (χ4v) is 2.13. The van der Waals surface area contributed by atoms with Crippen molar-refractivity contribution >= 4 is 5.82 Å². The van der Waals surface area contributed by atoms with Gasteiger partial charge in [0.25, 0.3) is 0 Å². The summed E-state index contributed by atoms with van der Waals surface area (Å²) in [5.74, 6) is 1.06. The first kappa shape index (κ1) is 11.4. The van der Waals surface area contributed by atoms with E-state index in [4.69, 9.17) is 0 Å². The number of aromatic nitrogens is 1. The van der Waals surface area contributed by atoms with Crippen molar-refractivity contribution in [3.8, 4) is 0 Å². The molecule has 1 saturated heterocycles. The van der Waals surface area contributed by atoms with Crippen LogP contribution in [0.3, 0.4) is 0 Å². The summed E-state index contributed by atoms with van der Waals surface area (Å²) in [6.45, 7) is 4.27. The van der Waals surface area contributed by atoms with Crippen LogP contribution in [0.25, 0.3) is 0 Å². The van der Waals surface area contributed by atoms with Gasteiger partial charge in [0.05, 0.1) is 0 Å². The Hall–Kier alpha value is -1.09. The molecule has 1 N–H and O–H groups in total. The summed E-state index contributed by atoms with van der Waals surface area (Å²) < 4.78 is 0. The molecule has 0 bridgehead atoms. The molecule has 1 aromatic rings. The Morgan fingerprint density at radius 1 is 1.44 bits per heavy atom. The molecule has 1 fully saturated rings. The Bertz CT molecular complexity index is 314. The summed E-state index contributed by atoms with van der Waals surface area (Å²) >= 11 is 0. The SMILES string of the molecule is CCN(C)c1ccc([C@@H]2CCCCN2)cn1. The molecule has 0 unspecified atom stereocenters. The molecular weight excluding hydrogens is 198 g/mol. The Morgan fingerprint density at radius 3 is 2.88 bits per heavy atom. The van der Waals surface area contributed by atoms with Crippen molar-refractivity contribution < 1.29 is 0 Å². The van der Waals surface area contributed by atoms with Gasteiger partial charge in [-0.05, 0) is 37.9 Å². The summed E-state index contributed by atoms with van der Waals surface area (Å²) in [6, 6.07) is 4.84. The number of rotatable bonds is 3. The average Bonchev–Trinajstić information content (AvgIpc) is 2.39. The summed E-state index contributed by atoms with van der Waals surface area (Å²) in [5, 5.41) is 3.54. The van der Waals surface area contributed by atoms with Crippen molar-refractivity contribution in [3.05, 3.63) is 23.9 Å². The number of hydrogen-bond donors (Lipinski definition) is 1. The van der Waals surface area contributed by atoms with Crippen molar-refractivity contribution in [1.29, 1.82) is 0 Å². The lowest BCUT2D eigenvalue weighted by Crippen LogP contribution is -2.27. The third-order valence-electron chi connectivity index (χ3n) is 3.35.